The van der Waals surface area contributed by atoms with E-state index in [2.05, 4.69) is 20.6 Å². The summed E-state index contributed by atoms with van der Waals surface area (Å²) in [6.45, 7) is 5.15. The van der Waals surface area contributed by atoms with Crippen LogP contribution >= 0.6 is 0 Å². The third kappa shape index (κ3) is 7.00. The van der Waals surface area contributed by atoms with Crippen molar-refractivity contribution in [1.29, 1.82) is 0 Å². The smallest absolute Gasteiger partial charge is 0.408 e. The van der Waals surface area contributed by atoms with Crippen molar-refractivity contribution in [2.45, 2.75) is 38.8 Å². The van der Waals surface area contributed by atoms with Crippen LogP contribution in [0.15, 0.2) is 60.0 Å². The molecule has 184 valence electrons. The van der Waals surface area contributed by atoms with Gasteiger partial charge >= 0.3 is 23.8 Å². The molecule has 35 heavy (non-hydrogen) atoms. The zero-order valence-corrected chi connectivity index (χ0v) is 19.7. The summed E-state index contributed by atoms with van der Waals surface area (Å²) in [6.07, 6.45) is 5.14. The second-order valence-corrected chi connectivity index (χ2v) is 8.46. The molecule has 1 atom stereocenters. The number of nitrogens with one attached hydrogen (secondary N) is 2. The van der Waals surface area contributed by atoms with Crippen LogP contribution in [0.4, 0.5) is 15.4 Å². The van der Waals surface area contributed by atoms with E-state index in [-0.39, 0.29) is 12.2 Å². The average molecular weight is 482 g/mol. The Labute approximate surface area is 200 Å². The summed E-state index contributed by atoms with van der Waals surface area (Å²) in [7, 11) is 1.23. The lowest BCUT2D eigenvalue weighted by atomic mass is 10.1. The number of hydrogen-bond donors (Lipinski definition) is 2. The molecule has 0 aliphatic carbocycles. The normalized spacial score (nSPS) is 11.9. The number of rotatable bonds is 6. The molecule has 12 nitrogen and oxygen atoms in total. The number of methoxy groups -OCH3 is 1. The van der Waals surface area contributed by atoms with Gasteiger partial charge in [0.2, 0.25) is 0 Å². The molecule has 12 heteroatoms. The van der Waals surface area contributed by atoms with Gasteiger partial charge in [0, 0.05) is 25.0 Å². The number of aromatic nitrogens is 4. The predicted molar refractivity (Wildman–Crippen MR) is 125 cm³/mol. The first-order valence-corrected chi connectivity index (χ1v) is 10.6. The molecule has 0 saturated carbocycles. The van der Waals surface area contributed by atoms with E-state index in [0.29, 0.717) is 11.3 Å². The summed E-state index contributed by atoms with van der Waals surface area (Å²) < 4.78 is 12.5. The van der Waals surface area contributed by atoms with Crippen molar-refractivity contribution in [3.63, 3.8) is 0 Å². The Morgan fingerprint density at radius 3 is 2.37 bits per heavy atom. The summed E-state index contributed by atoms with van der Waals surface area (Å²) >= 11 is 0. The number of carbonyl (C=O) groups excluding carboxylic acids is 3. The Morgan fingerprint density at radius 2 is 1.80 bits per heavy atom. The zero-order chi connectivity index (χ0) is 25.6. The Bertz CT molecular complexity index is 1240. The van der Waals surface area contributed by atoms with Crippen LogP contribution < -0.4 is 16.3 Å². The lowest BCUT2D eigenvalue weighted by Crippen LogP contribution is -2.45. The molecule has 0 saturated heterocycles. The maximum atomic E-state index is 12.5. The second-order valence-electron chi connectivity index (χ2n) is 8.46. The number of nitrogens with zero attached hydrogens (tertiary/aromatic N) is 4. The minimum Gasteiger partial charge on any atom is -0.467 e. The van der Waals surface area contributed by atoms with Crippen molar-refractivity contribution in [2.24, 2.45) is 0 Å². The van der Waals surface area contributed by atoms with Gasteiger partial charge in [-0.3, -0.25) is 14.5 Å². The fourth-order valence-electron chi connectivity index (χ4n) is 3.04. The summed E-state index contributed by atoms with van der Waals surface area (Å²) in [4.78, 5) is 56.5. The van der Waals surface area contributed by atoms with Gasteiger partial charge in [0.05, 0.1) is 12.8 Å². The van der Waals surface area contributed by atoms with E-state index in [9.17, 15) is 19.2 Å². The van der Waals surface area contributed by atoms with Crippen LogP contribution in [0.2, 0.25) is 0 Å². The molecule has 0 fully saturated rings. The molecule has 2 heterocycles. The molecule has 0 spiro atoms. The van der Waals surface area contributed by atoms with Crippen LogP contribution in [-0.4, -0.2) is 55.9 Å². The molecule has 0 bridgehead atoms. The van der Waals surface area contributed by atoms with Crippen molar-refractivity contribution < 1.29 is 23.9 Å². The Balaban J connectivity index is 1.70. The first-order chi connectivity index (χ1) is 16.6. The van der Waals surface area contributed by atoms with Gasteiger partial charge in [0.15, 0.2) is 0 Å². The highest BCUT2D eigenvalue weighted by atomic mass is 16.6. The summed E-state index contributed by atoms with van der Waals surface area (Å²) in [6, 6.07) is 6.79. The van der Waals surface area contributed by atoms with Gasteiger partial charge in [-0.1, -0.05) is 12.1 Å². The van der Waals surface area contributed by atoms with Gasteiger partial charge < -0.3 is 14.8 Å². The van der Waals surface area contributed by atoms with Crippen molar-refractivity contribution in [2.75, 3.05) is 12.4 Å². The number of anilines is 1. The van der Waals surface area contributed by atoms with Crippen molar-refractivity contribution in [3.05, 3.63) is 71.3 Å². The van der Waals surface area contributed by atoms with Gasteiger partial charge in [-0.15, -0.1) is 0 Å². The Hall–Kier alpha value is -4.48. The lowest BCUT2D eigenvalue weighted by Gasteiger charge is -2.22. The van der Waals surface area contributed by atoms with E-state index in [1.165, 1.54) is 47.2 Å². The number of hydrogen-bond acceptors (Lipinski definition) is 8. The van der Waals surface area contributed by atoms with Crippen LogP contribution in [0.5, 0.6) is 0 Å². The minimum atomic E-state index is -0.955. The highest BCUT2D eigenvalue weighted by Gasteiger charge is 2.25. The average Bonchev–Trinajstić information content (AvgIpc) is 3.33. The second kappa shape index (κ2) is 10.6. The van der Waals surface area contributed by atoms with Gasteiger partial charge in [-0.2, -0.15) is 4.98 Å². The van der Waals surface area contributed by atoms with Crippen molar-refractivity contribution in [3.8, 4) is 5.69 Å². The molecule has 1 aromatic carbocycles. The fourth-order valence-corrected chi connectivity index (χ4v) is 3.04. The molecule has 0 aliphatic rings. The maximum absolute atomic E-state index is 12.5. The van der Waals surface area contributed by atoms with E-state index in [4.69, 9.17) is 9.47 Å². The molecule has 2 N–H and O–H groups in total. The number of benzene rings is 1. The number of carbonyl (C=O) groups is 3. The molecule has 0 aliphatic heterocycles. The van der Waals surface area contributed by atoms with Gasteiger partial charge in [-0.25, -0.2) is 24.2 Å². The molecule has 0 unspecified atom stereocenters. The van der Waals surface area contributed by atoms with Gasteiger partial charge in [0.25, 0.3) is 0 Å². The number of alkyl carbamates (subject to hydrolysis) is 1. The monoisotopic (exact) mass is 482 g/mol. The van der Waals surface area contributed by atoms with Crippen LogP contribution in [-0.2, 0) is 20.7 Å². The lowest BCUT2D eigenvalue weighted by molar-refractivity contribution is -0.143. The zero-order valence-electron chi connectivity index (χ0n) is 19.7. The quantitative estimate of drug-likeness (QED) is 0.508. The summed E-state index contributed by atoms with van der Waals surface area (Å²) in [5.41, 5.74) is -0.0787. The van der Waals surface area contributed by atoms with E-state index in [1.54, 1.807) is 45.0 Å². The van der Waals surface area contributed by atoms with E-state index in [1.807, 2.05) is 0 Å². The molecule has 2 amide bonds. The number of ether oxygens (including phenoxy) is 2. The number of amides is 2. The minimum absolute atomic E-state index is 0.0932. The molecule has 2 aromatic heterocycles. The largest absolute Gasteiger partial charge is 0.467 e. The third-order valence-corrected chi connectivity index (χ3v) is 4.61. The maximum Gasteiger partial charge on any atom is 0.408 e. The van der Waals surface area contributed by atoms with Crippen LogP contribution in [0.25, 0.3) is 5.69 Å². The summed E-state index contributed by atoms with van der Waals surface area (Å²) in [5.74, 6) is -0.524. The number of imidazole rings is 1. The molecular formula is C23H26N6O6. The first kappa shape index (κ1) is 25.1. The van der Waals surface area contributed by atoms with E-state index >= 15 is 0 Å². The van der Waals surface area contributed by atoms with Gasteiger partial charge in [0.1, 0.15) is 23.8 Å². The van der Waals surface area contributed by atoms with Crippen LogP contribution in [0.1, 0.15) is 26.3 Å². The summed E-state index contributed by atoms with van der Waals surface area (Å²) in [5, 5.41) is 5.03. The molecular weight excluding hydrogens is 456 g/mol. The van der Waals surface area contributed by atoms with Crippen LogP contribution in [0, 0.1) is 0 Å². The molecule has 3 rings (SSSR count). The highest BCUT2D eigenvalue weighted by Crippen LogP contribution is 2.13. The molecule has 0 radical (unpaired) electrons. The van der Waals surface area contributed by atoms with Crippen LogP contribution in [0.3, 0.4) is 0 Å². The Morgan fingerprint density at radius 1 is 1.09 bits per heavy atom. The SMILES string of the molecule is COC(=O)[C@@H](Cc1ccc(-n2ccc(NC(=O)n3ccnc3)nc2=O)cc1)NC(=O)OC(C)(C)C. The van der Waals surface area contributed by atoms with Crippen molar-refractivity contribution >= 4 is 23.9 Å². The highest BCUT2D eigenvalue weighted by molar-refractivity contribution is 5.89. The van der Waals surface area contributed by atoms with E-state index in [0.717, 1.165) is 0 Å². The first-order valence-electron chi connectivity index (χ1n) is 10.6. The predicted octanol–water partition coefficient (Wildman–Crippen LogP) is 2.12. The standard InChI is InChI=1S/C23H26N6O6/c1-23(2,3)35-22(33)25-17(19(30)34-4)13-15-5-7-16(8-6-15)29-11-9-18(27-21(29)32)26-20(31)28-12-10-24-14-28/h5-12,14,17H,13H2,1-4H3,(H,25,33)(H,26,27,31,32)/t17-/m1/s1. The molecule has 3 aromatic rings. The van der Waals surface area contributed by atoms with E-state index < -0.39 is 35.4 Å². The Kier molecular flexibility index (Phi) is 7.64. The fraction of sp³-hybridized carbons (Fsp3) is 0.304. The third-order valence-electron chi connectivity index (χ3n) is 4.61. The number of esters is 1. The topological polar surface area (TPSA) is 146 Å². The van der Waals surface area contributed by atoms with Crippen molar-refractivity contribution in [1.82, 2.24) is 24.4 Å². The van der Waals surface area contributed by atoms with Gasteiger partial charge in [-0.05, 0) is 44.5 Å².